The normalized spacial score (nSPS) is 19.4. The van der Waals surface area contributed by atoms with E-state index in [1.807, 2.05) is 11.0 Å². The van der Waals surface area contributed by atoms with Crippen LogP contribution in [0.1, 0.15) is 6.42 Å². The molecular formula is C12H15NO4. The van der Waals surface area contributed by atoms with Crippen molar-refractivity contribution in [2.75, 3.05) is 25.1 Å². The van der Waals surface area contributed by atoms with Crippen molar-refractivity contribution in [2.45, 2.75) is 6.42 Å². The number of anilines is 1. The minimum atomic E-state index is -0.759. The van der Waals surface area contributed by atoms with E-state index in [9.17, 15) is 9.90 Å². The monoisotopic (exact) mass is 237 g/mol. The first-order chi connectivity index (χ1) is 8.11. The van der Waals surface area contributed by atoms with Crippen LogP contribution in [0.2, 0.25) is 0 Å². The largest absolute Gasteiger partial charge is 0.504 e. The Bertz CT molecular complexity index is 433. The van der Waals surface area contributed by atoms with Crippen LogP contribution in [0.15, 0.2) is 18.2 Å². The number of nitrogens with zero attached hydrogens (tertiary/aromatic N) is 1. The van der Waals surface area contributed by atoms with Gasteiger partial charge in [0, 0.05) is 24.8 Å². The molecule has 2 rings (SSSR count). The summed E-state index contributed by atoms with van der Waals surface area (Å²) < 4.78 is 4.96. The van der Waals surface area contributed by atoms with Gasteiger partial charge >= 0.3 is 5.97 Å². The first-order valence-corrected chi connectivity index (χ1v) is 5.46. The Kier molecular flexibility index (Phi) is 3.08. The number of phenols is 1. The SMILES string of the molecule is COc1ccc(N2CCC(C(=O)O)C2)cc1O. The predicted molar refractivity (Wildman–Crippen MR) is 62.6 cm³/mol. The number of carbonyl (C=O) groups is 1. The number of ether oxygens (including phenoxy) is 1. The third-order valence-electron chi connectivity index (χ3n) is 3.07. The number of hydrogen-bond donors (Lipinski definition) is 2. The van der Waals surface area contributed by atoms with Gasteiger partial charge in [0.2, 0.25) is 0 Å². The lowest BCUT2D eigenvalue weighted by molar-refractivity contribution is -0.140. The number of phenolic OH excluding ortho intramolecular Hbond substituents is 1. The van der Waals surface area contributed by atoms with Gasteiger partial charge in [0.05, 0.1) is 13.0 Å². The van der Waals surface area contributed by atoms with Crippen LogP contribution in [0.4, 0.5) is 5.69 Å². The van der Waals surface area contributed by atoms with E-state index in [0.717, 1.165) is 5.69 Å². The smallest absolute Gasteiger partial charge is 0.308 e. The summed E-state index contributed by atoms with van der Waals surface area (Å²) in [6, 6.07) is 5.10. The van der Waals surface area contributed by atoms with Crippen LogP contribution < -0.4 is 9.64 Å². The number of rotatable bonds is 3. The number of carboxylic acids is 1. The molecule has 0 aromatic heterocycles. The van der Waals surface area contributed by atoms with Gasteiger partial charge in [-0.1, -0.05) is 0 Å². The molecule has 17 heavy (non-hydrogen) atoms. The van der Waals surface area contributed by atoms with Crippen LogP contribution in [0.5, 0.6) is 11.5 Å². The molecule has 1 aliphatic rings. The molecule has 92 valence electrons. The molecule has 1 aromatic carbocycles. The Morgan fingerprint density at radius 2 is 2.29 bits per heavy atom. The van der Waals surface area contributed by atoms with E-state index in [0.29, 0.717) is 25.3 Å². The van der Waals surface area contributed by atoms with Crippen molar-refractivity contribution in [1.82, 2.24) is 0 Å². The molecule has 1 saturated heterocycles. The molecule has 1 atom stereocenters. The lowest BCUT2D eigenvalue weighted by Gasteiger charge is -2.18. The molecule has 5 nitrogen and oxygen atoms in total. The average Bonchev–Trinajstić information content (AvgIpc) is 2.78. The Hall–Kier alpha value is -1.91. The van der Waals surface area contributed by atoms with Crippen molar-refractivity contribution in [1.29, 1.82) is 0 Å². The van der Waals surface area contributed by atoms with Crippen LogP contribution in [0.3, 0.4) is 0 Å². The first kappa shape index (κ1) is 11.6. The lowest BCUT2D eigenvalue weighted by atomic mass is 10.1. The number of benzene rings is 1. The third kappa shape index (κ3) is 2.27. The van der Waals surface area contributed by atoms with Crippen molar-refractivity contribution in [3.05, 3.63) is 18.2 Å². The molecule has 1 aromatic rings. The van der Waals surface area contributed by atoms with Gasteiger partial charge in [-0.2, -0.15) is 0 Å². The van der Waals surface area contributed by atoms with Gasteiger partial charge in [0.1, 0.15) is 0 Å². The quantitative estimate of drug-likeness (QED) is 0.829. The maximum Gasteiger partial charge on any atom is 0.308 e. The van der Waals surface area contributed by atoms with E-state index in [1.54, 1.807) is 12.1 Å². The summed E-state index contributed by atoms with van der Waals surface area (Å²) in [4.78, 5) is 12.8. The minimum absolute atomic E-state index is 0.0729. The molecule has 0 radical (unpaired) electrons. The van der Waals surface area contributed by atoms with Crippen molar-refractivity contribution < 1.29 is 19.7 Å². The second-order valence-corrected chi connectivity index (χ2v) is 4.13. The van der Waals surface area contributed by atoms with Crippen LogP contribution in [0, 0.1) is 5.92 Å². The number of aliphatic carboxylic acids is 1. The lowest BCUT2D eigenvalue weighted by Crippen LogP contribution is -2.22. The first-order valence-electron chi connectivity index (χ1n) is 5.46. The van der Waals surface area contributed by atoms with E-state index < -0.39 is 5.97 Å². The molecule has 1 heterocycles. The summed E-state index contributed by atoms with van der Waals surface area (Å²) in [5.74, 6) is -0.587. The summed E-state index contributed by atoms with van der Waals surface area (Å²) in [7, 11) is 1.49. The summed E-state index contributed by atoms with van der Waals surface area (Å²) >= 11 is 0. The summed E-state index contributed by atoms with van der Waals surface area (Å²) in [6.07, 6.45) is 0.641. The molecule has 0 aliphatic carbocycles. The van der Waals surface area contributed by atoms with Crippen molar-refractivity contribution in [2.24, 2.45) is 5.92 Å². The summed E-state index contributed by atoms with van der Waals surface area (Å²) in [5.41, 5.74) is 0.826. The summed E-state index contributed by atoms with van der Waals surface area (Å²) in [6.45, 7) is 1.18. The number of aromatic hydroxyl groups is 1. The van der Waals surface area contributed by atoms with E-state index in [2.05, 4.69) is 0 Å². The Morgan fingerprint density at radius 1 is 1.53 bits per heavy atom. The fourth-order valence-electron chi connectivity index (χ4n) is 2.07. The molecule has 0 amide bonds. The average molecular weight is 237 g/mol. The molecule has 5 heteroatoms. The van der Waals surface area contributed by atoms with Gasteiger partial charge in [0.25, 0.3) is 0 Å². The zero-order chi connectivity index (χ0) is 12.4. The maximum atomic E-state index is 10.8. The highest BCUT2D eigenvalue weighted by atomic mass is 16.5. The summed E-state index contributed by atoms with van der Waals surface area (Å²) in [5, 5.41) is 18.6. The Balaban J connectivity index is 2.14. The van der Waals surface area contributed by atoms with Gasteiger partial charge in [0.15, 0.2) is 11.5 Å². The van der Waals surface area contributed by atoms with Crippen LogP contribution in [-0.4, -0.2) is 36.4 Å². The van der Waals surface area contributed by atoms with Crippen LogP contribution in [-0.2, 0) is 4.79 Å². The van der Waals surface area contributed by atoms with E-state index in [-0.39, 0.29) is 11.7 Å². The maximum absolute atomic E-state index is 10.8. The van der Waals surface area contributed by atoms with Crippen molar-refractivity contribution in [3.63, 3.8) is 0 Å². The Labute approximate surface area is 99.2 Å². The zero-order valence-corrected chi connectivity index (χ0v) is 9.59. The van der Waals surface area contributed by atoms with E-state index in [1.165, 1.54) is 7.11 Å². The second-order valence-electron chi connectivity index (χ2n) is 4.13. The third-order valence-corrected chi connectivity index (χ3v) is 3.07. The molecular weight excluding hydrogens is 222 g/mol. The predicted octanol–water partition coefficient (Wildman–Crippen LogP) is 1.31. The van der Waals surface area contributed by atoms with Gasteiger partial charge in [-0.3, -0.25) is 4.79 Å². The molecule has 1 fully saturated rings. The number of carboxylic acid groups (broad SMARTS) is 1. The van der Waals surface area contributed by atoms with Gasteiger partial charge in [-0.05, 0) is 18.6 Å². The zero-order valence-electron chi connectivity index (χ0n) is 9.59. The molecule has 0 bridgehead atoms. The second kappa shape index (κ2) is 4.53. The van der Waals surface area contributed by atoms with Crippen molar-refractivity contribution >= 4 is 11.7 Å². The molecule has 1 aliphatic heterocycles. The standard InChI is InChI=1S/C12H15NO4/c1-17-11-3-2-9(6-10(11)14)13-5-4-8(7-13)12(15)16/h2-3,6,8,14H,4-5,7H2,1H3,(H,15,16). The molecule has 1 unspecified atom stereocenters. The molecule has 0 saturated carbocycles. The highest BCUT2D eigenvalue weighted by Crippen LogP contribution is 2.32. The minimum Gasteiger partial charge on any atom is -0.504 e. The topological polar surface area (TPSA) is 70.0 Å². The fourth-order valence-corrected chi connectivity index (χ4v) is 2.07. The van der Waals surface area contributed by atoms with Crippen molar-refractivity contribution in [3.8, 4) is 11.5 Å². The van der Waals surface area contributed by atoms with Gasteiger partial charge in [-0.25, -0.2) is 0 Å². The van der Waals surface area contributed by atoms with Crippen LogP contribution in [0.25, 0.3) is 0 Å². The van der Waals surface area contributed by atoms with Crippen LogP contribution >= 0.6 is 0 Å². The number of methoxy groups -OCH3 is 1. The molecule has 0 spiro atoms. The molecule has 2 N–H and O–H groups in total. The van der Waals surface area contributed by atoms with E-state index >= 15 is 0 Å². The van der Waals surface area contributed by atoms with Gasteiger partial charge < -0.3 is 19.8 Å². The Morgan fingerprint density at radius 3 is 2.82 bits per heavy atom. The highest BCUT2D eigenvalue weighted by molar-refractivity contribution is 5.72. The van der Waals surface area contributed by atoms with E-state index in [4.69, 9.17) is 9.84 Å². The fraction of sp³-hybridized carbons (Fsp3) is 0.417. The number of hydrogen-bond acceptors (Lipinski definition) is 4. The highest BCUT2D eigenvalue weighted by Gasteiger charge is 2.28. The van der Waals surface area contributed by atoms with Gasteiger partial charge in [-0.15, -0.1) is 0 Å².